The Balaban J connectivity index is 1.44. The molecule has 1 nitrogen and oxygen atoms in total. The molecule has 3 aliphatic carbocycles. The number of nitrogens with one attached hydrogen (secondary N) is 1. The quantitative estimate of drug-likeness (QED) is 0.720. The number of hydrogen-bond acceptors (Lipinski definition) is 1. The van der Waals surface area contributed by atoms with Crippen LogP contribution in [0, 0.1) is 17.8 Å². The largest absolute Gasteiger partial charge is 0.313 e. The molecular weight excluding hydrogens is 194 g/mol. The summed E-state index contributed by atoms with van der Waals surface area (Å²) in [7, 11) is 0. The van der Waals surface area contributed by atoms with E-state index in [1.807, 2.05) is 0 Å². The maximum absolute atomic E-state index is 3.92. The molecule has 3 rings (SSSR count). The van der Waals surface area contributed by atoms with Crippen LogP contribution < -0.4 is 5.32 Å². The molecule has 0 aromatic heterocycles. The molecule has 92 valence electrons. The third-order valence-corrected chi connectivity index (χ3v) is 4.92. The molecule has 0 amide bonds. The molecule has 3 aliphatic rings. The minimum atomic E-state index is 0.902. The first kappa shape index (κ1) is 11.1. The van der Waals surface area contributed by atoms with Gasteiger partial charge in [0.2, 0.25) is 0 Å². The molecule has 3 saturated carbocycles. The van der Waals surface area contributed by atoms with Crippen LogP contribution in [0.2, 0.25) is 0 Å². The lowest BCUT2D eigenvalue weighted by Crippen LogP contribution is -2.39. The first-order chi connectivity index (χ1) is 7.93. The summed E-state index contributed by atoms with van der Waals surface area (Å²) in [4.78, 5) is 0. The monoisotopic (exact) mass is 221 g/mol. The summed E-state index contributed by atoms with van der Waals surface area (Å²) in [6, 6.07) is 0.902. The van der Waals surface area contributed by atoms with Crippen molar-refractivity contribution in [2.75, 3.05) is 6.54 Å². The standard InChI is InChI=1S/C15H27N/c1-2-4-13(5-3-1)15(14-8-9-14)16-11-10-12-6-7-12/h12-16H,1-11H2. The van der Waals surface area contributed by atoms with Crippen molar-refractivity contribution in [2.24, 2.45) is 17.8 Å². The fourth-order valence-corrected chi connectivity index (χ4v) is 3.53. The van der Waals surface area contributed by atoms with E-state index in [1.54, 1.807) is 0 Å². The Labute approximate surface area is 100 Å². The van der Waals surface area contributed by atoms with E-state index < -0.39 is 0 Å². The molecule has 0 heterocycles. The smallest absolute Gasteiger partial charge is 0.0124 e. The Kier molecular flexibility index (Phi) is 3.51. The van der Waals surface area contributed by atoms with E-state index in [-0.39, 0.29) is 0 Å². The summed E-state index contributed by atoms with van der Waals surface area (Å²) in [6.45, 7) is 1.31. The maximum atomic E-state index is 3.92. The van der Waals surface area contributed by atoms with Crippen LogP contribution in [-0.4, -0.2) is 12.6 Å². The zero-order valence-electron chi connectivity index (χ0n) is 10.6. The molecular formula is C15H27N. The van der Waals surface area contributed by atoms with E-state index in [1.165, 1.54) is 70.8 Å². The van der Waals surface area contributed by atoms with Crippen LogP contribution in [0.15, 0.2) is 0 Å². The zero-order chi connectivity index (χ0) is 10.8. The lowest BCUT2D eigenvalue weighted by Gasteiger charge is -2.31. The molecule has 0 aromatic carbocycles. The molecule has 1 unspecified atom stereocenters. The fourth-order valence-electron chi connectivity index (χ4n) is 3.53. The van der Waals surface area contributed by atoms with Crippen molar-refractivity contribution in [1.82, 2.24) is 5.32 Å². The van der Waals surface area contributed by atoms with Gasteiger partial charge in [-0.1, -0.05) is 32.1 Å². The SMILES string of the molecule is C1CCC(C(NCCC2CC2)C2CC2)CC1. The van der Waals surface area contributed by atoms with E-state index >= 15 is 0 Å². The molecule has 16 heavy (non-hydrogen) atoms. The summed E-state index contributed by atoms with van der Waals surface area (Å²) >= 11 is 0. The summed E-state index contributed by atoms with van der Waals surface area (Å²) in [5.74, 6) is 3.18. The van der Waals surface area contributed by atoms with Gasteiger partial charge in [-0.05, 0) is 56.4 Å². The van der Waals surface area contributed by atoms with Crippen molar-refractivity contribution in [1.29, 1.82) is 0 Å². The lowest BCUT2D eigenvalue weighted by molar-refractivity contribution is 0.246. The van der Waals surface area contributed by atoms with Gasteiger partial charge in [-0.2, -0.15) is 0 Å². The summed E-state index contributed by atoms with van der Waals surface area (Å²) < 4.78 is 0. The Morgan fingerprint density at radius 3 is 2.12 bits per heavy atom. The number of hydrogen-bond donors (Lipinski definition) is 1. The van der Waals surface area contributed by atoms with Crippen LogP contribution in [0.25, 0.3) is 0 Å². The molecule has 0 saturated heterocycles. The molecule has 0 aromatic rings. The highest BCUT2D eigenvalue weighted by Gasteiger charge is 2.36. The first-order valence-corrected chi connectivity index (χ1v) is 7.67. The summed E-state index contributed by atoms with van der Waals surface area (Å²) in [5.41, 5.74) is 0. The van der Waals surface area contributed by atoms with Crippen LogP contribution in [0.1, 0.15) is 64.2 Å². The highest BCUT2D eigenvalue weighted by Crippen LogP contribution is 2.40. The van der Waals surface area contributed by atoms with Gasteiger partial charge in [0.05, 0.1) is 0 Å². The highest BCUT2D eigenvalue weighted by atomic mass is 14.9. The Hall–Kier alpha value is -0.0400. The van der Waals surface area contributed by atoms with Gasteiger partial charge in [-0.3, -0.25) is 0 Å². The molecule has 1 heteroatoms. The van der Waals surface area contributed by atoms with Crippen molar-refractivity contribution in [3.05, 3.63) is 0 Å². The molecule has 1 N–H and O–H groups in total. The van der Waals surface area contributed by atoms with E-state index in [9.17, 15) is 0 Å². The van der Waals surface area contributed by atoms with Crippen molar-refractivity contribution in [3.8, 4) is 0 Å². The molecule has 0 spiro atoms. The number of rotatable bonds is 6. The van der Waals surface area contributed by atoms with Crippen LogP contribution in [0.5, 0.6) is 0 Å². The second kappa shape index (κ2) is 5.08. The summed E-state index contributed by atoms with van der Waals surface area (Å²) in [6.07, 6.45) is 15.0. The van der Waals surface area contributed by atoms with Crippen molar-refractivity contribution in [3.63, 3.8) is 0 Å². The average molecular weight is 221 g/mol. The second-order valence-corrected chi connectivity index (χ2v) is 6.45. The van der Waals surface area contributed by atoms with Gasteiger partial charge in [0.25, 0.3) is 0 Å². The highest BCUT2D eigenvalue weighted by molar-refractivity contribution is 4.92. The second-order valence-electron chi connectivity index (χ2n) is 6.45. The third-order valence-electron chi connectivity index (χ3n) is 4.92. The predicted octanol–water partition coefficient (Wildman–Crippen LogP) is 3.74. The van der Waals surface area contributed by atoms with Gasteiger partial charge in [-0.15, -0.1) is 0 Å². The minimum Gasteiger partial charge on any atom is -0.313 e. The van der Waals surface area contributed by atoms with Gasteiger partial charge >= 0.3 is 0 Å². The predicted molar refractivity (Wildman–Crippen MR) is 68.4 cm³/mol. The van der Waals surface area contributed by atoms with E-state index in [4.69, 9.17) is 0 Å². The fraction of sp³-hybridized carbons (Fsp3) is 1.00. The lowest BCUT2D eigenvalue weighted by atomic mass is 9.82. The van der Waals surface area contributed by atoms with Crippen LogP contribution in [0.3, 0.4) is 0 Å². The maximum Gasteiger partial charge on any atom is 0.0124 e. The van der Waals surface area contributed by atoms with Gasteiger partial charge in [-0.25, -0.2) is 0 Å². The third kappa shape index (κ3) is 3.00. The van der Waals surface area contributed by atoms with Crippen molar-refractivity contribution < 1.29 is 0 Å². The van der Waals surface area contributed by atoms with Gasteiger partial charge in [0, 0.05) is 6.04 Å². The van der Waals surface area contributed by atoms with Crippen molar-refractivity contribution in [2.45, 2.75) is 70.3 Å². The average Bonchev–Trinajstić information content (AvgIpc) is 3.17. The minimum absolute atomic E-state index is 0.902. The Morgan fingerprint density at radius 1 is 0.812 bits per heavy atom. The zero-order valence-corrected chi connectivity index (χ0v) is 10.6. The van der Waals surface area contributed by atoms with Gasteiger partial charge in [0.15, 0.2) is 0 Å². The first-order valence-electron chi connectivity index (χ1n) is 7.67. The van der Waals surface area contributed by atoms with E-state index in [0.717, 1.165) is 23.8 Å². The molecule has 0 radical (unpaired) electrons. The molecule has 3 fully saturated rings. The molecule has 1 atom stereocenters. The topological polar surface area (TPSA) is 12.0 Å². The molecule has 0 aliphatic heterocycles. The molecule has 0 bridgehead atoms. The van der Waals surface area contributed by atoms with E-state index in [0.29, 0.717) is 0 Å². The van der Waals surface area contributed by atoms with Crippen LogP contribution in [0.4, 0.5) is 0 Å². The normalized spacial score (nSPS) is 29.2. The van der Waals surface area contributed by atoms with Crippen LogP contribution >= 0.6 is 0 Å². The Bertz CT molecular complexity index is 211. The Morgan fingerprint density at radius 2 is 1.50 bits per heavy atom. The summed E-state index contributed by atoms with van der Waals surface area (Å²) in [5, 5.41) is 3.92. The van der Waals surface area contributed by atoms with Crippen LogP contribution in [-0.2, 0) is 0 Å². The van der Waals surface area contributed by atoms with E-state index in [2.05, 4.69) is 5.32 Å². The van der Waals surface area contributed by atoms with Gasteiger partial charge in [0.1, 0.15) is 0 Å². The van der Waals surface area contributed by atoms with Gasteiger partial charge < -0.3 is 5.32 Å². The van der Waals surface area contributed by atoms with Crippen molar-refractivity contribution >= 4 is 0 Å².